The van der Waals surface area contributed by atoms with E-state index in [4.69, 9.17) is 15.2 Å². The minimum Gasteiger partial charge on any atom is -0.485 e. The lowest BCUT2D eigenvalue weighted by Crippen LogP contribution is -2.67. The monoisotopic (exact) mass is 338 g/mol. The maximum atomic E-state index is 13.0. The highest BCUT2D eigenvalue weighted by atomic mass is 35.5. The summed E-state index contributed by atoms with van der Waals surface area (Å²) in [4.78, 5) is 15.0. The van der Waals surface area contributed by atoms with E-state index in [1.165, 1.54) is 6.42 Å². The zero-order chi connectivity index (χ0) is 15.2. The number of fused-ring (bicyclic) bond motifs is 1. The average Bonchev–Trinajstić information content (AvgIpc) is 2.53. The highest BCUT2D eigenvalue weighted by molar-refractivity contribution is 5.85. The third kappa shape index (κ3) is 2.76. The summed E-state index contributed by atoms with van der Waals surface area (Å²) in [6.07, 6.45) is 4.61. The molecule has 0 radical (unpaired) electrons. The molecule has 2 heterocycles. The maximum absolute atomic E-state index is 13.0. The number of nitrogens with zero attached hydrogens (tertiary/aromatic N) is 1. The van der Waals surface area contributed by atoms with Crippen LogP contribution in [-0.2, 0) is 4.79 Å². The Morgan fingerprint density at radius 3 is 2.70 bits per heavy atom. The van der Waals surface area contributed by atoms with Gasteiger partial charge in [-0.25, -0.2) is 0 Å². The molecule has 1 aliphatic carbocycles. The van der Waals surface area contributed by atoms with Crippen molar-refractivity contribution < 1.29 is 14.3 Å². The van der Waals surface area contributed by atoms with Crippen LogP contribution in [0, 0.1) is 0 Å². The van der Waals surface area contributed by atoms with Crippen molar-refractivity contribution in [1.82, 2.24) is 4.90 Å². The van der Waals surface area contributed by atoms with Gasteiger partial charge in [0, 0.05) is 18.1 Å². The molecule has 5 nitrogen and oxygen atoms in total. The van der Waals surface area contributed by atoms with E-state index in [-0.39, 0.29) is 36.5 Å². The number of carbonyl (C=O) groups excluding carboxylic acids is 1. The van der Waals surface area contributed by atoms with Crippen molar-refractivity contribution in [3.63, 3.8) is 0 Å². The molecule has 0 aromatic heterocycles. The van der Waals surface area contributed by atoms with E-state index in [2.05, 4.69) is 0 Å². The molecule has 1 spiro atoms. The van der Waals surface area contributed by atoms with Crippen molar-refractivity contribution in [3.8, 4) is 11.5 Å². The Hall–Kier alpha value is -1.46. The van der Waals surface area contributed by atoms with E-state index in [1.807, 2.05) is 29.2 Å². The number of hydrogen-bond donors (Lipinski definition) is 1. The number of amides is 1. The summed E-state index contributed by atoms with van der Waals surface area (Å²) in [5, 5.41) is 0. The lowest BCUT2D eigenvalue weighted by molar-refractivity contribution is -0.156. The second-order valence-electron chi connectivity index (χ2n) is 6.70. The number of hydrogen-bond acceptors (Lipinski definition) is 4. The topological polar surface area (TPSA) is 64.8 Å². The summed E-state index contributed by atoms with van der Waals surface area (Å²) in [6, 6.07) is 7.74. The Morgan fingerprint density at radius 2 is 1.96 bits per heavy atom. The fraction of sp³-hybridized carbons (Fsp3) is 0.588. The molecule has 2 N–H and O–H groups in total. The summed E-state index contributed by atoms with van der Waals surface area (Å²) >= 11 is 0. The van der Waals surface area contributed by atoms with E-state index in [0.29, 0.717) is 11.5 Å². The van der Waals surface area contributed by atoms with Crippen LogP contribution in [0.3, 0.4) is 0 Å². The Balaban J connectivity index is 0.00000156. The minimum atomic E-state index is -0.540. The molecule has 6 heteroatoms. The fourth-order valence-electron chi connectivity index (χ4n) is 4.10. The van der Waals surface area contributed by atoms with Crippen LogP contribution in [0.1, 0.15) is 32.1 Å². The molecule has 1 aromatic rings. The maximum Gasteiger partial charge on any atom is 0.267 e. The molecule has 1 saturated carbocycles. The number of nitrogens with two attached hydrogens (primary N) is 1. The van der Waals surface area contributed by atoms with Gasteiger partial charge in [0.1, 0.15) is 6.61 Å². The van der Waals surface area contributed by atoms with Crippen LogP contribution in [0.25, 0.3) is 0 Å². The molecule has 0 bridgehead atoms. The number of rotatable bonds is 1. The summed E-state index contributed by atoms with van der Waals surface area (Å²) in [5.41, 5.74) is 5.98. The molecule has 1 unspecified atom stereocenters. The van der Waals surface area contributed by atoms with Crippen LogP contribution < -0.4 is 15.2 Å². The van der Waals surface area contributed by atoms with Gasteiger partial charge in [0.2, 0.25) is 6.10 Å². The summed E-state index contributed by atoms with van der Waals surface area (Å²) in [6.45, 7) is 1.10. The van der Waals surface area contributed by atoms with Gasteiger partial charge in [-0.05, 0) is 44.2 Å². The molecule has 2 fully saturated rings. The average molecular weight is 339 g/mol. The molecule has 126 valence electrons. The van der Waals surface area contributed by atoms with Crippen LogP contribution in [0.15, 0.2) is 24.3 Å². The molecule has 1 aromatic carbocycles. The number of halogens is 1. The van der Waals surface area contributed by atoms with Gasteiger partial charge < -0.3 is 20.1 Å². The SMILES string of the molecule is Cl.NC1CC2(CCCCN2C(=O)C2COc3ccccc3O2)C1. The van der Waals surface area contributed by atoms with E-state index >= 15 is 0 Å². The Morgan fingerprint density at radius 1 is 1.22 bits per heavy atom. The predicted octanol–water partition coefficient (Wildman–Crippen LogP) is 2.12. The van der Waals surface area contributed by atoms with Gasteiger partial charge in [-0.2, -0.15) is 0 Å². The first-order chi connectivity index (χ1) is 10.7. The van der Waals surface area contributed by atoms with Gasteiger partial charge in [-0.1, -0.05) is 12.1 Å². The standard InChI is InChI=1S/C17H22N2O3.ClH/c18-12-9-17(10-12)7-3-4-8-19(17)16(20)15-11-21-13-5-1-2-6-14(13)22-15;/h1-2,5-6,12,15H,3-4,7-11,18H2;1H. The number of likely N-dealkylation sites (tertiary alicyclic amines) is 1. The zero-order valence-electron chi connectivity index (χ0n) is 13.1. The first-order valence-electron chi connectivity index (χ1n) is 8.13. The Bertz CT molecular complexity index is 583. The van der Waals surface area contributed by atoms with Gasteiger partial charge in [0.15, 0.2) is 11.5 Å². The third-order valence-corrected chi connectivity index (χ3v) is 5.18. The van der Waals surface area contributed by atoms with Gasteiger partial charge in [0.05, 0.1) is 0 Å². The van der Waals surface area contributed by atoms with Gasteiger partial charge >= 0.3 is 0 Å². The molecule has 4 rings (SSSR count). The van der Waals surface area contributed by atoms with Crippen LogP contribution in [0.5, 0.6) is 11.5 Å². The van der Waals surface area contributed by atoms with Crippen LogP contribution in [0.2, 0.25) is 0 Å². The molecule has 23 heavy (non-hydrogen) atoms. The normalized spacial score (nSPS) is 32.0. The minimum absolute atomic E-state index is 0. The largest absolute Gasteiger partial charge is 0.485 e. The van der Waals surface area contributed by atoms with E-state index in [9.17, 15) is 4.79 Å². The smallest absolute Gasteiger partial charge is 0.267 e. The quantitative estimate of drug-likeness (QED) is 0.852. The van der Waals surface area contributed by atoms with Crippen LogP contribution >= 0.6 is 12.4 Å². The lowest BCUT2D eigenvalue weighted by Gasteiger charge is -2.56. The zero-order valence-corrected chi connectivity index (χ0v) is 13.9. The second-order valence-corrected chi connectivity index (χ2v) is 6.70. The molecule has 1 amide bonds. The first-order valence-corrected chi connectivity index (χ1v) is 8.13. The highest BCUT2D eigenvalue weighted by Gasteiger charge is 2.51. The highest BCUT2D eigenvalue weighted by Crippen LogP contribution is 2.44. The van der Waals surface area contributed by atoms with Crippen molar-refractivity contribution in [2.24, 2.45) is 5.73 Å². The van der Waals surface area contributed by atoms with E-state index in [1.54, 1.807) is 0 Å². The molecule has 3 aliphatic rings. The summed E-state index contributed by atoms with van der Waals surface area (Å²) in [5.74, 6) is 1.43. The van der Waals surface area contributed by atoms with Crippen LogP contribution in [-0.4, -0.2) is 41.6 Å². The number of ether oxygens (including phenoxy) is 2. The Kier molecular flexibility index (Phi) is 4.43. The molecular weight excluding hydrogens is 316 g/mol. The lowest BCUT2D eigenvalue weighted by atomic mass is 9.67. The first kappa shape index (κ1) is 16.4. The number of piperidine rings is 1. The molecule has 2 aliphatic heterocycles. The fourth-order valence-corrected chi connectivity index (χ4v) is 4.10. The van der Waals surface area contributed by atoms with Crippen molar-refractivity contribution in [2.45, 2.75) is 49.8 Å². The second kappa shape index (κ2) is 6.21. The van der Waals surface area contributed by atoms with E-state index < -0.39 is 6.10 Å². The summed E-state index contributed by atoms with van der Waals surface area (Å²) < 4.78 is 11.6. The van der Waals surface area contributed by atoms with Crippen molar-refractivity contribution in [1.29, 1.82) is 0 Å². The van der Waals surface area contributed by atoms with Gasteiger partial charge in [-0.15, -0.1) is 12.4 Å². The third-order valence-electron chi connectivity index (χ3n) is 5.18. The molecule has 1 atom stereocenters. The number of benzene rings is 1. The van der Waals surface area contributed by atoms with Crippen LogP contribution in [0.4, 0.5) is 0 Å². The van der Waals surface area contributed by atoms with Crippen molar-refractivity contribution in [2.75, 3.05) is 13.2 Å². The van der Waals surface area contributed by atoms with Gasteiger partial charge in [0.25, 0.3) is 5.91 Å². The van der Waals surface area contributed by atoms with Gasteiger partial charge in [-0.3, -0.25) is 4.79 Å². The molecular formula is C17H23ClN2O3. The Labute approximate surface area is 142 Å². The van der Waals surface area contributed by atoms with Crippen molar-refractivity contribution >= 4 is 18.3 Å². The number of para-hydroxylation sites is 2. The number of carbonyl (C=O) groups is 1. The summed E-state index contributed by atoms with van der Waals surface area (Å²) in [7, 11) is 0. The van der Waals surface area contributed by atoms with Crippen molar-refractivity contribution in [3.05, 3.63) is 24.3 Å². The van der Waals surface area contributed by atoms with E-state index in [0.717, 1.165) is 32.2 Å². The predicted molar refractivity (Wildman–Crippen MR) is 89.1 cm³/mol. The molecule has 1 saturated heterocycles.